The number of nitrogens with zero attached hydrogens (tertiary/aromatic N) is 5. The van der Waals surface area contributed by atoms with Gasteiger partial charge in [-0.25, -0.2) is 4.98 Å². The summed E-state index contributed by atoms with van der Waals surface area (Å²) in [5, 5.41) is 4.24. The number of hydrogen-bond donors (Lipinski definition) is 0. The summed E-state index contributed by atoms with van der Waals surface area (Å²) >= 11 is 0. The summed E-state index contributed by atoms with van der Waals surface area (Å²) in [4.78, 5) is 10.6. The highest BCUT2D eigenvalue weighted by Crippen LogP contribution is 2.27. The molecule has 7 nitrogen and oxygen atoms in total. The molecule has 0 N–H and O–H groups in total. The predicted molar refractivity (Wildman–Crippen MR) is 87.2 cm³/mol. The van der Waals surface area contributed by atoms with Gasteiger partial charge in [0.1, 0.15) is 23.6 Å². The number of hydrogen-bond acceptors (Lipinski definition) is 6. The summed E-state index contributed by atoms with van der Waals surface area (Å²) in [6.07, 6.45) is 1.51. The van der Waals surface area contributed by atoms with Crippen LogP contribution in [-0.4, -0.2) is 40.8 Å². The van der Waals surface area contributed by atoms with E-state index < -0.39 is 0 Å². The zero-order valence-corrected chi connectivity index (χ0v) is 13.6. The molecule has 3 aromatic rings. The van der Waals surface area contributed by atoms with Gasteiger partial charge in [0.25, 0.3) is 5.78 Å². The minimum atomic E-state index is 0.591. The summed E-state index contributed by atoms with van der Waals surface area (Å²) < 4.78 is 12.4. The highest BCUT2D eigenvalue weighted by Gasteiger charge is 2.13. The third kappa shape index (κ3) is 2.90. The fourth-order valence-electron chi connectivity index (χ4n) is 2.50. The van der Waals surface area contributed by atoms with Gasteiger partial charge in [-0.1, -0.05) is 0 Å². The van der Waals surface area contributed by atoms with Gasteiger partial charge in [-0.2, -0.15) is 14.6 Å². The molecule has 2 aromatic heterocycles. The Morgan fingerprint density at radius 2 is 2.00 bits per heavy atom. The summed E-state index contributed by atoms with van der Waals surface area (Å²) in [7, 11) is 5.30. The van der Waals surface area contributed by atoms with Crippen molar-refractivity contribution in [3.8, 4) is 11.5 Å². The van der Waals surface area contributed by atoms with Gasteiger partial charge in [-0.3, -0.25) is 0 Å². The number of methoxy groups -OCH3 is 2. The number of rotatable bonds is 5. The van der Waals surface area contributed by atoms with Gasteiger partial charge in [0.15, 0.2) is 0 Å². The van der Waals surface area contributed by atoms with Crippen molar-refractivity contribution in [1.82, 2.24) is 19.6 Å². The van der Waals surface area contributed by atoms with Crippen LogP contribution in [0.4, 0.5) is 5.82 Å². The molecule has 1 aromatic carbocycles. The van der Waals surface area contributed by atoms with Gasteiger partial charge < -0.3 is 14.4 Å². The van der Waals surface area contributed by atoms with E-state index in [4.69, 9.17) is 9.47 Å². The van der Waals surface area contributed by atoms with Gasteiger partial charge in [-0.15, -0.1) is 0 Å². The Balaban J connectivity index is 1.94. The molecule has 0 atom stereocenters. The molecule has 0 aliphatic carbocycles. The smallest absolute Gasteiger partial charge is 0.254 e. The molecule has 0 aliphatic rings. The molecule has 7 heteroatoms. The Labute approximate surface area is 134 Å². The van der Waals surface area contributed by atoms with E-state index in [9.17, 15) is 0 Å². The standard InChI is InChI=1S/C16H19N5O2/c1-11-7-15(21-16(19-11)17-10-18-21)20(2)9-12-5-6-13(22-3)8-14(12)23-4/h5-8,10H,9H2,1-4H3. The van der Waals surface area contributed by atoms with Crippen molar-refractivity contribution in [1.29, 1.82) is 0 Å². The average Bonchev–Trinajstić information content (AvgIpc) is 3.02. The van der Waals surface area contributed by atoms with Crippen molar-refractivity contribution in [3.63, 3.8) is 0 Å². The molecular formula is C16H19N5O2. The van der Waals surface area contributed by atoms with Gasteiger partial charge in [0.2, 0.25) is 0 Å². The van der Waals surface area contributed by atoms with E-state index in [-0.39, 0.29) is 0 Å². The van der Waals surface area contributed by atoms with E-state index in [2.05, 4.69) is 20.0 Å². The first-order valence-electron chi connectivity index (χ1n) is 7.22. The Morgan fingerprint density at radius 1 is 1.17 bits per heavy atom. The molecule has 3 rings (SSSR count). The fourth-order valence-corrected chi connectivity index (χ4v) is 2.50. The van der Waals surface area contributed by atoms with Crippen LogP contribution in [0.2, 0.25) is 0 Å². The summed E-state index contributed by atoms with van der Waals surface area (Å²) in [6.45, 7) is 2.60. The molecule has 0 fully saturated rings. The third-order valence-corrected chi connectivity index (χ3v) is 3.65. The third-order valence-electron chi connectivity index (χ3n) is 3.65. The second kappa shape index (κ2) is 6.12. The number of fused-ring (bicyclic) bond motifs is 1. The molecule has 0 saturated heterocycles. The number of anilines is 1. The van der Waals surface area contributed by atoms with Crippen molar-refractivity contribution in [3.05, 3.63) is 41.9 Å². The van der Waals surface area contributed by atoms with Crippen LogP contribution in [0.15, 0.2) is 30.6 Å². The van der Waals surface area contributed by atoms with Crippen molar-refractivity contribution < 1.29 is 9.47 Å². The average molecular weight is 313 g/mol. The lowest BCUT2D eigenvalue weighted by atomic mass is 10.1. The zero-order chi connectivity index (χ0) is 16.4. The SMILES string of the molecule is COc1ccc(CN(C)c2cc(C)nc3ncnn23)c(OC)c1. The lowest BCUT2D eigenvalue weighted by Crippen LogP contribution is -2.20. The molecule has 0 bridgehead atoms. The fraction of sp³-hybridized carbons (Fsp3) is 0.312. The Morgan fingerprint density at radius 3 is 2.74 bits per heavy atom. The molecule has 0 amide bonds. The summed E-state index contributed by atoms with van der Waals surface area (Å²) in [5.41, 5.74) is 1.95. The lowest BCUT2D eigenvalue weighted by molar-refractivity contribution is 0.391. The number of benzene rings is 1. The van der Waals surface area contributed by atoms with Crippen LogP contribution in [0.1, 0.15) is 11.3 Å². The van der Waals surface area contributed by atoms with Crippen LogP contribution >= 0.6 is 0 Å². The summed E-state index contributed by atoms with van der Waals surface area (Å²) in [5.74, 6) is 3.07. The first-order valence-corrected chi connectivity index (χ1v) is 7.22. The van der Waals surface area contributed by atoms with Crippen molar-refractivity contribution in [2.75, 3.05) is 26.2 Å². The Kier molecular flexibility index (Phi) is 4.01. The zero-order valence-electron chi connectivity index (χ0n) is 13.6. The van der Waals surface area contributed by atoms with E-state index in [1.807, 2.05) is 38.2 Å². The maximum Gasteiger partial charge on any atom is 0.254 e. The Hall–Kier alpha value is -2.83. The quantitative estimate of drug-likeness (QED) is 0.718. The molecule has 23 heavy (non-hydrogen) atoms. The lowest BCUT2D eigenvalue weighted by Gasteiger charge is -2.21. The molecule has 0 saturated carbocycles. The van der Waals surface area contributed by atoms with Gasteiger partial charge in [0, 0.05) is 37.0 Å². The minimum absolute atomic E-state index is 0.591. The van der Waals surface area contributed by atoms with Gasteiger partial charge in [-0.05, 0) is 19.1 Å². The molecular weight excluding hydrogens is 294 g/mol. The van der Waals surface area contributed by atoms with E-state index in [1.165, 1.54) is 6.33 Å². The first kappa shape index (κ1) is 15.1. The van der Waals surface area contributed by atoms with Crippen molar-refractivity contribution in [2.24, 2.45) is 0 Å². The minimum Gasteiger partial charge on any atom is -0.497 e. The molecule has 2 heterocycles. The molecule has 0 aliphatic heterocycles. The van der Waals surface area contributed by atoms with Crippen LogP contribution in [0, 0.1) is 6.92 Å². The maximum absolute atomic E-state index is 5.47. The number of aryl methyl sites for hydroxylation is 1. The predicted octanol–water partition coefficient (Wildman–Crippen LogP) is 2.09. The van der Waals surface area contributed by atoms with Crippen LogP contribution in [0.25, 0.3) is 5.78 Å². The number of ether oxygens (including phenoxy) is 2. The number of aromatic nitrogens is 4. The molecule has 120 valence electrons. The second-order valence-corrected chi connectivity index (χ2v) is 5.26. The van der Waals surface area contributed by atoms with E-state index in [1.54, 1.807) is 18.7 Å². The highest BCUT2D eigenvalue weighted by molar-refractivity contribution is 5.49. The first-order chi connectivity index (χ1) is 11.1. The highest BCUT2D eigenvalue weighted by atomic mass is 16.5. The van der Waals surface area contributed by atoms with Gasteiger partial charge >= 0.3 is 0 Å². The van der Waals surface area contributed by atoms with Crippen LogP contribution in [-0.2, 0) is 6.54 Å². The van der Waals surface area contributed by atoms with Crippen LogP contribution in [0.3, 0.4) is 0 Å². The Bertz CT molecular complexity index is 830. The van der Waals surface area contributed by atoms with Crippen molar-refractivity contribution >= 4 is 11.6 Å². The van der Waals surface area contributed by atoms with E-state index in [0.29, 0.717) is 12.3 Å². The largest absolute Gasteiger partial charge is 0.497 e. The maximum atomic E-state index is 5.47. The molecule has 0 radical (unpaired) electrons. The van der Waals surface area contributed by atoms with Crippen LogP contribution in [0.5, 0.6) is 11.5 Å². The second-order valence-electron chi connectivity index (χ2n) is 5.26. The van der Waals surface area contributed by atoms with E-state index in [0.717, 1.165) is 28.6 Å². The monoisotopic (exact) mass is 313 g/mol. The van der Waals surface area contributed by atoms with Gasteiger partial charge in [0.05, 0.1) is 14.2 Å². The normalized spacial score (nSPS) is 10.8. The van der Waals surface area contributed by atoms with E-state index >= 15 is 0 Å². The summed E-state index contributed by atoms with van der Waals surface area (Å²) in [6, 6.07) is 7.79. The van der Waals surface area contributed by atoms with Crippen LogP contribution < -0.4 is 14.4 Å². The van der Waals surface area contributed by atoms with Crippen molar-refractivity contribution in [2.45, 2.75) is 13.5 Å². The topological polar surface area (TPSA) is 64.8 Å². The molecule has 0 spiro atoms. The molecule has 0 unspecified atom stereocenters.